The van der Waals surface area contributed by atoms with Gasteiger partial charge in [-0.25, -0.2) is 0 Å². The number of nitrogens with two attached hydrogens (primary N) is 1. The lowest BCUT2D eigenvalue weighted by Crippen LogP contribution is -2.40. The van der Waals surface area contributed by atoms with Crippen LogP contribution in [0.15, 0.2) is 24.3 Å². The molecule has 0 unspecified atom stereocenters. The number of hydrogen-bond donors (Lipinski definition) is 2. The minimum atomic E-state index is -0.386. The maximum Gasteiger partial charge on any atom is 0.248 e. The van der Waals surface area contributed by atoms with Crippen LogP contribution in [-0.2, 0) is 6.54 Å². The van der Waals surface area contributed by atoms with E-state index in [1.54, 1.807) is 12.1 Å². The van der Waals surface area contributed by atoms with Gasteiger partial charge in [0, 0.05) is 31.3 Å². The van der Waals surface area contributed by atoms with Crippen LogP contribution in [0.5, 0.6) is 0 Å². The van der Waals surface area contributed by atoms with Crippen molar-refractivity contribution in [2.75, 3.05) is 13.2 Å². The van der Waals surface area contributed by atoms with Crippen LogP contribution in [0.2, 0.25) is 0 Å². The summed E-state index contributed by atoms with van der Waals surface area (Å²) < 4.78 is 0. The zero-order chi connectivity index (χ0) is 13.7. The molecule has 2 rings (SSSR count). The van der Waals surface area contributed by atoms with E-state index < -0.39 is 0 Å². The summed E-state index contributed by atoms with van der Waals surface area (Å²) >= 11 is 0. The van der Waals surface area contributed by atoms with Crippen molar-refractivity contribution in [2.24, 2.45) is 5.73 Å². The van der Waals surface area contributed by atoms with E-state index in [4.69, 9.17) is 10.8 Å². The Morgan fingerprint density at radius 3 is 2.47 bits per heavy atom. The third-order valence-electron chi connectivity index (χ3n) is 3.82. The Morgan fingerprint density at radius 2 is 2.00 bits per heavy atom. The first-order valence-electron chi connectivity index (χ1n) is 6.94. The summed E-state index contributed by atoms with van der Waals surface area (Å²) in [4.78, 5) is 13.5. The molecule has 1 aliphatic rings. The molecule has 1 amide bonds. The lowest BCUT2D eigenvalue weighted by atomic mass is 9.91. The second kappa shape index (κ2) is 6.68. The number of carbonyl (C=O) groups excluding carboxylic acids is 1. The topological polar surface area (TPSA) is 66.6 Å². The van der Waals surface area contributed by atoms with Gasteiger partial charge in [-0.3, -0.25) is 9.69 Å². The number of primary amides is 1. The predicted molar refractivity (Wildman–Crippen MR) is 74.7 cm³/mol. The molecule has 1 saturated carbocycles. The van der Waals surface area contributed by atoms with Crippen molar-refractivity contribution in [1.82, 2.24) is 4.90 Å². The van der Waals surface area contributed by atoms with Crippen molar-refractivity contribution >= 4 is 5.91 Å². The van der Waals surface area contributed by atoms with Crippen molar-refractivity contribution in [3.8, 4) is 0 Å². The molecule has 1 fully saturated rings. The third-order valence-corrected chi connectivity index (χ3v) is 3.82. The van der Waals surface area contributed by atoms with Gasteiger partial charge in [0.15, 0.2) is 0 Å². The van der Waals surface area contributed by atoms with Crippen LogP contribution in [0, 0.1) is 0 Å². The number of nitrogens with zero attached hydrogens (tertiary/aromatic N) is 1. The van der Waals surface area contributed by atoms with Crippen LogP contribution in [0.3, 0.4) is 0 Å². The highest BCUT2D eigenvalue weighted by Gasteiger charge is 2.24. The number of carbonyl (C=O) groups is 1. The smallest absolute Gasteiger partial charge is 0.248 e. The van der Waals surface area contributed by atoms with Gasteiger partial charge in [0.25, 0.3) is 0 Å². The zero-order valence-corrected chi connectivity index (χ0v) is 11.2. The minimum absolute atomic E-state index is 0.240. The van der Waals surface area contributed by atoms with Gasteiger partial charge in [-0.2, -0.15) is 0 Å². The third kappa shape index (κ3) is 3.78. The number of aliphatic hydroxyl groups is 1. The summed E-state index contributed by atoms with van der Waals surface area (Å²) in [6.07, 6.45) is 4.63. The van der Waals surface area contributed by atoms with Crippen molar-refractivity contribution in [3.05, 3.63) is 35.4 Å². The SMILES string of the molecule is NC(=O)c1ccc(CN(CCCO)C2CCC2)cc1. The van der Waals surface area contributed by atoms with E-state index in [2.05, 4.69) is 4.90 Å². The summed E-state index contributed by atoms with van der Waals surface area (Å²) in [5, 5.41) is 8.97. The van der Waals surface area contributed by atoms with E-state index in [9.17, 15) is 4.79 Å². The predicted octanol–water partition coefficient (Wildman–Crippen LogP) is 1.52. The second-order valence-corrected chi connectivity index (χ2v) is 5.19. The molecule has 19 heavy (non-hydrogen) atoms. The van der Waals surface area contributed by atoms with Gasteiger partial charge in [-0.05, 0) is 37.0 Å². The molecule has 3 N–H and O–H groups in total. The Hall–Kier alpha value is -1.39. The molecule has 4 heteroatoms. The Bertz CT molecular complexity index is 413. The highest BCUT2D eigenvalue weighted by molar-refractivity contribution is 5.92. The number of aliphatic hydroxyl groups excluding tert-OH is 1. The highest BCUT2D eigenvalue weighted by Crippen LogP contribution is 2.26. The standard InChI is InChI=1S/C15H22N2O2/c16-15(19)13-7-5-12(6-8-13)11-17(9-2-10-18)14-3-1-4-14/h5-8,14,18H,1-4,9-11H2,(H2,16,19). The van der Waals surface area contributed by atoms with Crippen LogP contribution < -0.4 is 5.73 Å². The molecule has 0 spiro atoms. The van der Waals surface area contributed by atoms with Gasteiger partial charge in [0.05, 0.1) is 0 Å². The lowest BCUT2D eigenvalue weighted by Gasteiger charge is -2.37. The fraction of sp³-hybridized carbons (Fsp3) is 0.533. The highest BCUT2D eigenvalue weighted by atomic mass is 16.3. The summed E-state index contributed by atoms with van der Waals surface area (Å²) in [5.41, 5.74) is 6.97. The second-order valence-electron chi connectivity index (χ2n) is 5.19. The quantitative estimate of drug-likeness (QED) is 0.783. The first-order chi connectivity index (χ1) is 9.20. The average Bonchev–Trinajstić information content (AvgIpc) is 2.34. The largest absolute Gasteiger partial charge is 0.396 e. The molecule has 1 aromatic rings. The van der Waals surface area contributed by atoms with Gasteiger partial charge in [0.1, 0.15) is 0 Å². The monoisotopic (exact) mass is 262 g/mol. The molecule has 4 nitrogen and oxygen atoms in total. The van der Waals surface area contributed by atoms with Crippen molar-refractivity contribution in [1.29, 1.82) is 0 Å². The van der Waals surface area contributed by atoms with Crippen molar-refractivity contribution in [2.45, 2.75) is 38.3 Å². The minimum Gasteiger partial charge on any atom is -0.396 e. The molecule has 0 radical (unpaired) electrons. The normalized spacial score (nSPS) is 15.5. The number of rotatable bonds is 7. The van der Waals surface area contributed by atoms with Gasteiger partial charge in [0.2, 0.25) is 5.91 Å². The van der Waals surface area contributed by atoms with E-state index in [1.165, 1.54) is 24.8 Å². The maximum atomic E-state index is 11.0. The molecule has 1 aliphatic carbocycles. The molecular weight excluding hydrogens is 240 g/mol. The summed E-state index contributed by atoms with van der Waals surface area (Å²) in [6, 6.07) is 8.14. The number of hydrogen-bond acceptors (Lipinski definition) is 3. The van der Waals surface area contributed by atoms with Crippen LogP contribution in [-0.4, -0.2) is 35.1 Å². The molecule has 0 atom stereocenters. The van der Waals surface area contributed by atoms with E-state index in [0.29, 0.717) is 11.6 Å². The zero-order valence-electron chi connectivity index (χ0n) is 11.2. The van der Waals surface area contributed by atoms with Crippen LogP contribution in [0.1, 0.15) is 41.6 Å². The van der Waals surface area contributed by atoms with Crippen LogP contribution in [0.25, 0.3) is 0 Å². The fourth-order valence-electron chi connectivity index (χ4n) is 2.43. The number of benzene rings is 1. The van der Waals surface area contributed by atoms with E-state index in [0.717, 1.165) is 19.5 Å². The maximum absolute atomic E-state index is 11.0. The van der Waals surface area contributed by atoms with Gasteiger partial charge < -0.3 is 10.8 Å². The molecule has 0 bridgehead atoms. The Balaban J connectivity index is 1.97. The van der Waals surface area contributed by atoms with Crippen LogP contribution in [0.4, 0.5) is 0 Å². The van der Waals surface area contributed by atoms with Crippen LogP contribution >= 0.6 is 0 Å². The Kier molecular flexibility index (Phi) is 4.93. The molecule has 0 aliphatic heterocycles. The molecule has 0 saturated heterocycles. The van der Waals surface area contributed by atoms with Gasteiger partial charge >= 0.3 is 0 Å². The van der Waals surface area contributed by atoms with E-state index in [-0.39, 0.29) is 12.5 Å². The summed E-state index contributed by atoms with van der Waals surface area (Å²) in [7, 11) is 0. The average molecular weight is 262 g/mol. The first-order valence-corrected chi connectivity index (χ1v) is 6.94. The van der Waals surface area contributed by atoms with Crippen molar-refractivity contribution in [3.63, 3.8) is 0 Å². The number of amides is 1. The molecular formula is C15H22N2O2. The first kappa shape index (κ1) is 14.0. The van der Waals surface area contributed by atoms with E-state index >= 15 is 0 Å². The summed E-state index contributed by atoms with van der Waals surface area (Å²) in [5.74, 6) is -0.386. The molecule has 0 heterocycles. The fourth-order valence-corrected chi connectivity index (χ4v) is 2.43. The summed E-state index contributed by atoms with van der Waals surface area (Å²) in [6.45, 7) is 2.05. The molecule has 104 valence electrons. The van der Waals surface area contributed by atoms with Gasteiger partial charge in [-0.1, -0.05) is 18.6 Å². The molecule has 0 aromatic heterocycles. The van der Waals surface area contributed by atoms with E-state index in [1.807, 2.05) is 12.1 Å². The van der Waals surface area contributed by atoms with Crippen molar-refractivity contribution < 1.29 is 9.90 Å². The Morgan fingerprint density at radius 1 is 1.32 bits per heavy atom. The Labute approximate surface area is 114 Å². The lowest BCUT2D eigenvalue weighted by molar-refractivity contribution is 0.0999. The molecule has 1 aromatic carbocycles. The van der Waals surface area contributed by atoms with Gasteiger partial charge in [-0.15, -0.1) is 0 Å².